The third-order valence-corrected chi connectivity index (χ3v) is 3.11. The van der Waals surface area contributed by atoms with E-state index in [1.54, 1.807) is 0 Å². The van der Waals surface area contributed by atoms with Gasteiger partial charge < -0.3 is 0 Å². The molecule has 1 fully saturated rings. The normalized spacial score (nSPS) is 26.1. The van der Waals surface area contributed by atoms with Gasteiger partial charge in [-0.2, -0.15) is 12.7 Å². The van der Waals surface area contributed by atoms with E-state index in [1.807, 2.05) is 0 Å². The largest absolute Gasteiger partial charge is 0.336 e. The lowest BCUT2D eigenvalue weighted by molar-refractivity contribution is 0.441. The van der Waals surface area contributed by atoms with Crippen molar-refractivity contribution >= 4 is 10.3 Å². The maximum absolute atomic E-state index is 12.5. The highest BCUT2D eigenvalue weighted by Crippen LogP contribution is 2.36. The Balaban J connectivity index is 2.18. The molecule has 0 bridgehead atoms. The summed E-state index contributed by atoms with van der Waals surface area (Å²) >= 11 is 0. The standard InChI is InChI=1S/C8H8FNO3S/c9-7-3-1-6(2-4-7)8-5-10(8)14(11,12)13/h1-4,8H,5H2,(H,11,12,13). The molecule has 1 aliphatic rings. The average Bonchev–Trinajstić information content (AvgIpc) is 2.83. The lowest BCUT2D eigenvalue weighted by atomic mass is 10.2. The van der Waals surface area contributed by atoms with E-state index in [0.717, 1.165) is 4.31 Å². The second-order valence-corrected chi connectivity index (χ2v) is 4.48. The number of hydrogen-bond donors (Lipinski definition) is 1. The summed E-state index contributed by atoms with van der Waals surface area (Å²) in [4.78, 5) is 0. The molecule has 0 aromatic heterocycles. The molecular weight excluding hydrogens is 209 g/mol. The smallest absolute Gasteiger partial charge is 0.273 e. The quantitative estimate of drug-likeness (QED) is 0.593. The minimum atomic E-state index is -4.10. The Hall–Kier alpha value is -0.980. The monoisotopic (exact) mass is 217 g/mol. The predicted molar refractivity (Wildman–Crippen MR) is 47.4 cm³/mol. The van der Waals surface area contributed by atoms with E-state index in [4.69, 9.17) is 4.55 Å². The number of nitrogens with zero attached hydrogens (tertiary/aromatic N) is 1. The van der Waals surface area contributed by atoms with Gasteiger partial charge in [0.25, 0.3) is 0 Å². The Labute approximate surface area is 80.8 Å². The molecule has 6 heteroatoms. The third kappa shape index (κ3) is 1.77. The molecule has 4 nitrogen and oxygen atoms in total. The fourth-order valence-electron chi connectivity index (χ4n) is 1.33. The van der Waals surface area contributed by atoms with Crippen molar-refractivity contribution in [1.82, 2.24) is 4.31 Å². The zero-order chi connectivity index (χ0) is 10.3. The fraction of sp³-hybridized carbons (Fsp3) is 0.250. The van der Waals surface area contributed by atoms with Crippen molar-refractivity contribution in [3.8, 4) is 0 Å². The van der Waals surface area contributed by atoms with Gasteiger partial charge in [-0.3, -0.25) is 4.55 Å². The van der Waals surface area contributed by atoms with Gasteiger partial charge in [0.1, 0.15) is 5.82 Å². The summed E-state index contributed by atoms with van der Waals surface area (Å²) in [6.45, 7) is 0.254. The number of halogens is 1. The van der Waals surface area contributed by atoms with Gasteiger partial charge in [0.2, 0.25) is 0 Å². The first kappa shape index (κ1) is 9.57. The van der Waals surface area contributed by atoms with Gasteiger partial charge in [-0.25, -0.2) is 4.39 Å². The van der Waals surface area contributed by atoms with Crippen molar-refractivity contribution in [2.24, 2.45) is 0 Å². The van der Waals surface area contributed by atoms with Crippen LogP contribution in [-0.4, -0.2) is 23.8 Å². The first-order chi connectivity index (χ1) is 6.48. The molecule has 1 aromatic carbocycles. The van der Waals surface area contributed by atoms with Gasteiger partial charge in [0, 0.05) is 6.54 Å². The average molecular weight is 217 g/mol. The van der Waals surface area contributed by atoms with Crippen LogP contribution < -0.4 is 0 Å². The van der Waals surface area contributed by atoms with Gasteiger partial charge >= 0.3 is 10.3 Å². The minimum Gasteiger partial charge on any atom is -0.273 e. The summed E-state index contributed by atoms with van der Waals surface area (Å²) < 4.78 is 43.4. The minimum absolute atomic E-state index is 0.254. The lowest BCUT2D eigenvalue weighted by Crippen LogP contribution is -2.09. The summed E-state index contributed by atoms with van der Waals surface area (Å²) in [6.07, 6.45) is 0. The van der Waals surface area contributed by atoms with Crippen LogP contribution in [0.4, 0.5) is 4.39 Å². The molecule has 0 aliphatic carbocycles. The number of hydrogen-bond acceptors (Lipinski definition) is 2. The summed E-state index contributed by atoms with van der Waals surface area (Å²) in [6, 6.07) is 5.19. The van der Waals surface area contributed by atoms with Crippen LogP contribution in [0, 0.1) is 5.82 Å². The topological polar surface area (TPSA) is 57.4 Å². The molecule has 2 atom stereocenters. The SMILES string of the molecule is O=S(=O)(O)N1CC1c1ccc(F)cc1. The second-order valence-electron chi connectivity index (χ2n) is 3.11. The Bertz CT molecular complexity index is 442. The molecule has 1 aliphatic heterocycles. The Morgan fingerprint density at radius 1 is 1.36 bits per heavy atom. The van der Waals surface area contributed by atoms with E-state index in [-0.39, 0.29) is 18.4 Å². The van der Waals surface area contributed by atoms with Gasteiger partial charge in [-0.1, -0.05) is 12.1 Å². The van der Waals surface area contributed by atoms with E-state index < -0.39 is 10.3 Å². The van der Waals surface area contributed by atoms with Gasteiger partial charge in [0.15, 0.2) is 0 Å². The molecule has 1 heterocycles. The maximum Gasteiger partial charge on any atom is 0.336 e. The molecule has 0 amide bonds. The van der Waals surface area contributed by atoms with Crippen molar-refractivity contribution in [2.75, 3.05) is 6.54 Å². The summed E-state index contributed by atoms with van der Waals surface area (Å²) in [5.74, 6) is -0.368. The zero-order valence-electron chi connectivity index (χ0n) is 7.09. The van der Waals surface area contributed by atoms with Crippen molar-refractivity contribution in [2.45, 2.75) is 6.04 Å². The van der Waals surface area contributed by atoms with Gasteiger partial charge in [0.05, 0.1) is 6.04 Å². The molecule has 2 unspecified atom stereocenters. The molecule has 0 saturated carbocycles. The van der Waals surface area contributed by atoms with Crippen molar-refractivity contribution in [3.05, 3.63) is 35.6 Å². The molecule has 0 spiro atoms. The maximum atomic E-state index is 12.5. The zero-order valence-corrected chi connectivity index (χ0v) is 7.91. The summed E-state index contributed by atoms with van der Waals surface area (Å²) in [5, 5.41) is 0. The van der Waals surface area contributed by atoms with Gasteiger partial charge in [-0.15, -0.1) is 0 Å². The summed E-state index contributed by atoms with van der Waals surface area (Å²) in [7, 11) is -4.10. The van der Waals surface area contributed by atoms with Crippen molar-refractivity contribution in [1.29, 1.82) is 0 Å². The predicted octanol–water partition coefficient (Wildman–Crippen LogP) is 0.985. The van der Waals surface area contributed by atoms with Crippen molar-refractivity contribution in [3.63, 3.8) is 0 Å². The highest BCUT2D eigenvalue weighted by Gasteiger charge is 2.44. The molecule has 0 radical (unpaired) electrons. The molecule has 1 N–H and O–H groups in total. The highest BCUT2D eigenvalue weighted by molar-refractivity contribution is 7.83. The van der Waals surface area contributed by atoms with Crippen LogP contribution in [0.1, 0.15) is 11.6 Å². The Morgan fingerprint density at radius 2 is 1.93 bits per heavy atom. The van der Waals surface area contributed by atoms with Gasteiger partial charge in [-0.05, 0) is 17.7 Å². The van der Waals surface area contributed by atoms with Crippen LogP contribution >= 0.6 is 0 Å². The van der Waals surface area contributed by atoms with Crippen LogP contribution in [0.3, 0.4) is 0 Å². The molecule has 1 aromatic rings. The molecular formula is C8H8FNO3S. The van der Waals surface area contributed by atoms with Crippen LogP contribution in [0.25, 0.3) is 0 Å². The molecule has 14 heavy (non-hydrogen) atoms. The van der Waals surface area contributed by atoms with E-state index in [1.165, 1.54) is 24.3 Å². The fourth-order valence-corrected chi connectivity index (χ4v) is 2.11. The molecule has 1 saturated heterocycles. The van der Waals surface area contributed by atoms with Crippen LogP contribution in [0.5, 0.6) is 0 Å². The first-order valence-electron chi connectivity index (χ1n) is 3.98. The van der Waals surface area contributed by atoms with Crippen molar-refractivity contribution < 1.29 is 17.4 Å². The number of rotatable bonds is 2. The number of benzene rings is 1. The lowest BCUT2D eigenvalue weighted by Gasteiger charge is -1.99. The molecule has 76 valence electrons. The summed E-state index contributed by atoms with van der Waals surface area (Å²) in [5.41, 5.74) is 0.684. The van der Waals surface area contributed by atoms with E-state index in [0.29, 0.717) is 5.56 Å². The highest BCUT2D eigenvalue weighted by atomic mass is 32.2. The van der Waals surface area contributed by atoms with E-state index in [2.05, 4.69) is 0 Å². The van der Waals surface area contributed by atoms with Crippen LogP contribution in [-0.2, 0) is 10.3 Å². The van der Waals surface area contributed by atoms with E-state index in [9.17, 15) is 12.8 Å². The second kappa shape index (κ2) is 3.01. The van der Waals surface area contributed by atoms with Crippen LogP contribution in [0.15, 0.2) is 24.3 Å². The van der Waals surface area contributed by atoms with E-state index >= 15 is 0 Å². The molecule has 2 rings (SSSR count). The third-order valence-electron chi connectivity index (χ3n) is 2.12. The Morgan fingerprint density at radius 3 is 2.36 bits per heavy atom. The first-order valence-corrected chi connectivity index (χ1v) is 5.38. The Kier molecular flexibility index (Phi) is 2.06. The van der Waals surface area contributed by atoms with Crippen LogP contribution in [0.2, 0.25) is 0 Å².